The summed E-state index contributed by atoms with van der Waals surface area (Å²) in [6.07, 6.45) is 0.578. The largest absolute Gasteiger partial charge is 0.489 e. The van der Waals surface area contributed by atoms with E-state index in [-0.39, 0.29) is 18.2 Å². The van der Waals surface area contributed by atoms with Crippen LogP contribution < -0.4 is 21.0 Å². The second-order valence-corrected chi connectivity index (χ2v) is 9.56. The van der Waals surface area contributed by atoms with Gasteiger partial charge >= 0.3 is 0 Å². The Morgan fingerprint density at radius 2 is 1.77 bits per heavy atom. The molecule has 0 spiro atoms. The van der Waals surface area contributed by atoms with Gasteiger partial charge < -0.3 is 14.4 Å². The molecule has 180 valence electrons. The van der Waals surface area contributed by atoms with E-state index in [9.17, 15) is 14.4 Å². The number of benzene rings is 2. The third kappa shape index (κ3) is 4.86. The number of hydrogen-bond donors (Lipinski definition) is 1. The number of hydrogen-bond acceptors (Lipinski definition) is 6. The highest BCUT2D eigenvalue weighted by molar-refractivity contribution is 6.51. The molecule has 0 aromatic heterocycles. The minimum Gasteiger partial charge on any atom is -0.489 e. The van der Waals surface area contributed by atoms with Crippen LogP contribution in [0.4, 0.5) is 0 Å². The van der Waals surface area contributed by atoms with Crippen molar-refractivity contribution in [2.75, 3.05) is 26.3 Å². The maximum Gasteiger partial charge on any atom is 0.254 e. The summed E-state index contributed by atoms with van der Waals surface area (Å²) in [7, 11) is 3.89. The van der Waals surface area contributed by atoms with Crippen molar-refractivity contribution in [1.29, 1.82) is 0 Å². The highest BCUT2D eigenvalue weighted by atomic mass is 16.5. The fraction of sp³-hybridized carbons (Fsp3) is 0.400. The minimum absolute atomic E-state index is 0.173. The summed E-state index contributed by atoms with van der Waals surface area (Å²) in [5.74, 6) is -0.199. The van der Waals surface area contributed by atoms with Crippen LogP contribution in [0.25, 0.3) is 0 Å². The lowest BCUT2D eigenvalue weighted by atomic mass is 9.76. The number of morpholine rings is 1. The number of piperidine rings is 1. The minimum atomic E-state index is -0.640. The standard InChI is InChI=1S/C25H29B2N3O5/c26-18-11-20(35-14-16-3-1-15(2-4-16)12-29-7-9-34-10-8-29)17-13-30(25(33)22(17)23(18)27)19-5-6-21(31)28-24(19)32/h1-4,11,19H,5-10,12-14,26-27H2,(H,28,31,32). The van der Waals surface area contributed by atoms with Gasteiger partial charge in [0.15, 0.2) is 0 Å². The van der Waals surface area contributed by atoms with Gasteiger partial charge in [0.05, 0.1) is 19.8 Å². The Balaban J connectivity index is 1.29. The number of fused-ring (bicyclic) bond motifs is 1. The Labute approximate surface area is 206 Å². The van der Waals surface area contributed by atoms with Crippen LogP contribution in [-0.4, -0.2) is 75.6 Å². The molecule has 2 aromatic carbocycles. The molecule has 0 radical (unpaired) electrons. The van der Waals surface area contributed by atoms with E-state index in [1.165, 1.54) is 5.56 Å². The van der Waals surface area contributed by atoms with Gasteiger partial charge in [0.25, 0.3) is 5.91 Å². The first-order valence-corrected chi connectivity index (χ1v) is 12.2. The average molecular weight is 473 g/mol. The van der Waals surface area contributed by atoms with E-state index < -0.39 is 11.9 Å². The van der Waals surface area contributed by atoms with Crippen molar-refractivity contribution in [1.82, 2.24) is 15.1 Å². The molecule has 3 aliphatic rings. The number of carbonyl (C=O) groups excluding carboxylic acids is 3. The van der Waals surface area contributed by atoms with Crippen LogP contribution in [0.15, 0.2) is 30.3 Å². The zero-order valence-corrected chi connectivity index (χ0v) is 20.3. The molecule has 2 saturated heterocycles. The van der Waals surface area contributed by atoms with Crippen molar-refractivity contribution in [3.8, 4) is 5.75 Å². The van der Waals surface area contributed by atoms with Gasteiger partial charge in [-0.05, 0) is 23.6 Å². The summed E-state index contributed by atoms with van der Waals surface area (Å²) in [5, 5.41) is 2.36. The second-order valence-electron chi connectivity index (χ2n) is 9.56. The van der Waals surface area contributed by atoms with Crippen LogP contribution in [0.3, 0.4) is 0 Å². The lowest BCUT2D eigenvalue weighted by Crippen LogP contribution is -2.52. The third-order valence-electron chi connectivity index (χ3n) is 7.23. The number of rotatable bonds is 6. The molecule has 5 rings (SSSR count). The van der Waals surface area contributed by atoms with Crippen molar-refractivity contribution in [3.63, 3.8) is 0 Å². The van der Waals surface area contributed by atoms with Gasteiger partial charge in [0.2, 0.25) is 11.8 Å². The SMILES string of the molecule is Bc1cc(OCc2ccc(CN3CCOCC3)cc2)c2c(c1B)C(=O)N(C1CCC(=O)NC1=O)C2. The number of nitrogens with zero attached hydrogens (tertiary/aromatic N) is 2. The Morgan fingerprint density at radius 3 is 2.49 bits per heavy atom. The zero-order chi connectivity index (χ0) is 24.5. The van der Waals surface area contributed by atoms with E-state index in [4.69, 9.17) is 9.47 Å². The summed E-state index contributed by atoms with van der Waals surface area (Å²) in [4.78, 5) is 41.3. The Kier molecular flexibility index (Phi) is 6.67. The second kappa shape index (κ2) is 9.87. The molecule has 0 saturated carbocycles. The molecule has 1 N–H and O–H groups in total. The molecule has 3 heterocycles. The molecule has 2 fully saturated rings. The van der Waals surface area contributed by atoms with Crippen LogP contribution in [0, 0.1) is 0 Å². The average Bonchev–Trinajstić information content (AvgIpc) is 3.19. The van der Waals surface area contributed by atoms with E-state index in [1.807, 2.05) is 21.8 Å². The molecular formula is C25H29B2N3O5. The summed E-state index contributed by atoms with van der Waals surface area (Å²) in [6.45, 7) is 5.09. The van der Waals surface area contributed by atoms with Crippen molar-refractivity contribution in [3.05, 3.63) is 52.6 Å². The fourth-order valence-electron chi connectivity index (χ4n) is 5.05. The molecule has 3 amide bonds. The van der Waals surface area contributed by atoms with Gasteiger partial charge in [-0.25, -0.2) is 0 Å². The van der Waals surface area contributed by atoms with Gasteiger partial charge in [0.1, 0.15) is 34.1 Å². The van der Waals surface area contributed by atoms with Crippen molar-refractivity contribution < 1.29 is 23.9 Å². The zero-order valence-electron chi connectivity index (χ0n) is 20.3. The Morgan fingerprint density at radius 1 is 1.06 bits per heavy atom. The van der Waals surface area contributed by atoms with E-state index in [2.05, 4.69) is 34.5 Å². The van der Waals surface area contributed by atoms with E-state index >= 15 is 0 Å². The topological polar surface area (TPSA) is 88.2 Å². The maximum absolute atomic E-state index is 13.3. The van der Waals surface area contributed by atoms with Crippen LogP contribution in [0.5, 0.6) is 5.75 Å². The molecule has 3 aliphatic heterocycles. The lowest BCUT2D eigenvalue weighted by Gasteiger charge is -2.29. The molecule has 0 bridgehead atoms. The van der Waals surface area contributed by atoms with Gasteiger partial charge in [0, 0.05) is 37.2 Å². The van der Waals surface area contributed by atoms with Crippen LogP contribution >= 0.6 is 0 Å². The van der Waals surface area contributed by atoms with Gasteiger partial charge in [-0.2, -0.15) is 0 Å². The number of carbonyl (C=O) groups is 3. The van der Waals surface area contributed by atoms with Crippen LogP contribution in [0.1, 0.15) is 39.9 Å². The van der Waals surface area contributed by atoms with Crippen molar-refractivity contribution >= 4 is 44.3 Å². The number of amides is 3. The highest BCUT2D eigenvalue weighted by Gasteiger charge is 2.41. The fourth-order valence-corrected chi connectivity index (χ4v) is 5.05. The highest BCUT2D eigenvalue weighted by Crippen LogP contribution is 2.32. The lowest BCUT2D eigenvalue weighted by molar-refractivity contribution is -0.136. The van der Waals surface area contributed by atoms with Gasteiger partial charge in [-0.1, -0.05) is 35.2 Å². The van der Waals surface area contributed by atoms with Crippen LogP contribution in [-0.2, 0) is 34.0 Å². The molecule has 2 aromatic rings. The molecule has 0 aliphatic carbocycles. The number of nitrogens with one attached hydrogen (secondary N) is 1. The summed E-state index contributed by atoms with van der Waals surface area (Å²) < 4.78 is 11.6. The first-order chi connectivity index (χ1) is 16.9. The molecule has 8 nitrogen and oxygen atoms in total. The molecular weight excluding hydrogens is 444 g/mol. The Hall–Kier alpha value is -3.10. The predicted octanol–water partition coefficient (Wildman–Crippen LogP) is -1.62. The summed E-state index contributed by atoms with van der Waals surface area (Å²) >= 11 is 0. The first kappa shape index (κ1) is 23.6. The van der Waals surface area contributed by atoms with E-state index in [0.29, 0.717) is 30.9 Å². The number of imide groups is 1. The quantitative estimate of drug-likeness (QED) is 0.401. The molecule has 35 heavy (non-hydrogen) atoms. The van der Waals surface area contributed by atoms with E-state index in [1.54, 1.807) is 4.90 Å². The van der Waals surface area contributed by atoms with Crippen molar-refractivity contribution in [2.24, 2.45) is 0 Å². The first-order valence-electron chi connectivity index (χ1n) is 12.2. The molecule has 1 unspecified atom stereocenters. The smallest absolute Gasteiger partial charge is 0.254 e. The van der Waals surface area contributed by atoms with Crippen LogP contribution in [0.2, 0.25) is 0 Å². The number of ether oxygens (including phenoxy) is 2. The predicted molar refractivity (Wildman–Crippen MR) is 136 cm³/mol. The van der Waals surface area contributed by atoms with Gasteiger partial charge in [-0.3, -0.25) is 24.6 Å². The summed E-state index contributed by atoms with van der Waals surface area (Å²) in [5.41, 5.74) is 5.61. The maximum atomic E-state index is 13.3. The monoisotopic (exact) mass is 473 g/mol. The normalized spacial score (nSPS) is 20.6. The van der Waals surface area contributed by atoms with Crippen molar-refractivity contribution in [2.45, 2.75) is 38.6 Å². The molecule has 10 heteroatoms. The van der Waals surface area contributed by atoms with E-state index in [0.717, 1.165) is 54.9 Å². The third-order valence-corrected chi connectivity index (χ3v) is 7.23. The Bertz CT molecular complexity index is 1160. The van der Waals surface area contributed by atoms with Gasteiger partial charge in [-0.15, -0.1) is 0 Å². The molecule has 1 atom stereocenters. The summed E-state index contributed by atoms with van der Waals surface area (Å²) in [6, 6.07) is 9.76.